The van der Waals surface area contributed by atoms with Crippen LogP contribution in [0, 0.1) is 0 Å². The number of halogens is 5. The Morgan fingerprint density at radius 1 is 1.21 bits per heavy atom. The molecule has 5 nitrogen and oxygen atoms in total. The molecular weight excluding hydrogens is 281 g/mol. The summed E-state index contributed by atoms with van der Waals surface area (Å²) in [6.07, 6.45) is -5.85. The van der Waals surface area contributed by atoms with Gasteiger partial charge in [0.2, 0.25) is 5.60 Å². The molecule has 1 amide bonds. The molecule has 0 heterocycles. The fourth-order valence-electron chi connectivity index (χ4n) is 0.828. The molecule has 1 atom stereocenters. The van der Waals surface area contributed by atoms with E-state index in [1.807, 2.05) is 0 Å². The van der Waals surface area contributed by atoms with Crippen LogP contribution in [0.5, 0.6) is 0 Å². The average molecular weight is 293 g/mol. The lowest BCUT2D eigenvalue weighted by molar-refractivity contribution is -0.278. The van der Waals surface area contributed by atoms with Gasteiger partial charge >= 0.3 is 18.1 Å². The Morgan fingerprint density at radius 3 is 2.05 bits per heavy atom. The summed E-state index contributed by atoms with van der Waals surface area (Å²) in [5.74, 6) is -8.34. The summed E-state index contributed by atoms with van der Waals surface area (Å²) in [4.78, 5) is 22.3. The zero-order valence-electron chi connectivity index (χ0n) is 9.98. The molecule has 0 aromatic carbocycles. The summed E-state index contributed by atoms with van der Waals surface area (Å²) in [5.41, 5.74) is -2.85. The summed E-state index contributed by atoms with van der Waals surface area (Å²) in [7, 11) is 0. The summed E-state index contributed by atoms with van der Waals surface area (Å²) in [5, 5.41) is 10.5. The highest BCUT2D eigenvalue weighted by atomic mass is 19.4. The Hall–Kier alpha value is -1.45. The van der Waals surface area contributed by atoms with Gasteiger partial charge in [-0.15, -0.1) is 0 Å². The number of hydrogen-bond acceptors (Lipinski definition) is 4. The van der Waals surface area contributed by atoms with Crippen LogP contribution in [0.25, 0.3) is 0 Å². The number of alkyl halides is 5. The number of carbonyl (C=O) groups is 2. The van der Waals surface area contributed by atoms with Crippen molar-refractivity contribution >= 4 is 11.9 Å². The Bertz CT molecular complexity index is 353. The zero-order chi connectivity index (χ0) is 15.5. The molecule has 0 bridgehead atoms. The average Bonchev–Trinajstić information content (AvgIpc) is 2.24. The molecule has 0 saturated heterocycles. The molecule has 1 unspecified atom stereocenters. The summed E-state index contributed by atoms with van der Waals surface area (Å²) < 4.78 is 64.7. The monoisotopic (exact) mass is 293 g/mol. The highest BCUT2D eigenvalue weighted by molar-refractivity contribution is 6.05. The Balaban J connectivity index is 4.68. The van der Waals surface area contributed by atoms with Crippen LogP contribution >= 0.6 is 0 Å². The van der Waals surface area contributed by atoms with Crippen molar-refractivity contribution in [3.05, 3.63) is 0 Å². The predicted octanol–water partition coefficient (Wildman–Crippen LogP) is 0.614. The lowest BCUT2D eigenvalue weighted by atomic mass is 10.1. The standard InChI is InChI=1S/C9H12F5NO4/c1-3-19-6(17)7(2,18)5(16)15-4-8(10,11)9(12,13)14/h18H,3-4H2,1-2H3,(H,15,16). The number of esters is 1. The van der Waals surface area contributed by atoms with Gasteiger partial charge in [0, 0.05) is 0 Å². The number of hydrogen-bond donors (Lipinski definition) is 2. The number of carbonyl (C=O) groups excluding carboxylic acids is 2. The fraction of sp³-hybridized carbons (Fsp3) is 0.778. The SMILES string of the molecule is CCOC(=O)C(C)(O)C(=O)NCC(F)(F)C(F)(F)F. The summed E-state index contributed by atoms with van der Waals surface area (Å²) >= 11 is 0. The van der Waals surface area contributed by atoms with E-state index in [9.17, 15) is 36.6 Å². The van der Waals surface area contributed by atoms with Gasteiger partial charge in [0.25, 0.3) is 5.91 Å². The maximum Gasteiger partial charge on any atom is 0.455 e. The van der Waals surface area contributed by atoms with Crippen molar-refractivity contribution in [3.8, 4) is 0 Å². The van der Waals surface area contributed by atoms with Gasteiger partial charge in [-0.2, -0.15) is 22.0 Å². The normalized spacial score (nSPS) is 15.6. The molecule has 0 radical (unpaired) electrons. The van der Waals surface area contributed by atoms with Gasteiger partial charge in [0.15, 0.2) is 0 Å². The van der Waals surface area contributed by atoms with E-state index in [1.54, 1.807) is 0 Å². The fourth-order valence-corrected chi connectivity index (χ4v) is 0.828. The van der Waals surface area contributed by atoms with E-state index in [0.29, 0.717) is 6.92 Å². The lowest BCUT2D eigenvalue weighted by Gasteiger charge is -2.23. The van der Waals surface area contributed by atoms with Crippen LogP contribution in [0.2, 0.25) is 0 Å². The van der Waals surface area contributed by atoms with Crippen molar-refractivity contribution in [1.29, 1.82) is 0 Å². The first kappa shape index (κ1) is 17.6. The number of rotatable bonds is 5. The van der Waals surface area contributed by atoms with Gasteiger partial charge in [-0.25, -0.2) is 4.79 Å². The van der Waals surface area contributed by atoms with Crippen LogP contribution in [-0.4, -0.2) is 47.8 Å². The molecule has 0 aromatic rings. The molecule has 19 heavy (non-hydrogen) atoms. The van der Waals surface area contributed by atoms with Crippen molar-refractivity contribution in [1.82, 2.24) is 5.32 Å². The minimum Gasteiger partial charge on any atom is -0.463 e. The second-order valence-corrected chi connectivity index (χ2v) is 3.68. The molecule has 112 valence electrons. The number of nitrogens with one attached hydrogen (secondary N) is 1. The van der Waals surface area contributed by atoms with Gasteiger partial charge in [-0.05, 0) is 13.8 Å². The van der Waals surface area contributed by atoms with E-state index in [2.05, 4.69) is 4.74 Å². The zero-order valence-corrected chi connectivity index (χ0v) is 9.98. The van der Waals surface area contributed by atoms with Gasteiger partial charge in [-0.1, -0.05) is 0 Å². The number of ether oxygens (including phenoxy) is 1. The largest absolute Gasteiger partial charge is 0.463 e. The third kappa shape index (κ3) is 4.30. The van der Waals surface area contributed by atoms with Crippen LogP contribution in [0.15, 0.2) is 0 Å². The molecule has 0 fully saturated rings. The number of aliphatic hydroxyl groups is 1. The molecule has 0 aromatic heterocycles. The van der Waals surface area contributed by atoms with E-state index in [0.717, 1.165) is 5.32 Å². The predicted molar refractivity (Wildman–Crippen MR) is 51.3 cm³/mol. The Labute approximate surface area is 104 Å². The minimum atomic E-state index is -5.85. The van der Waals surface area contributed by atoms with Gasteiger partial charge < -0.3 is 15.2 Å². The summed E-state index contributed by atoms with van der Waals surface area (Å²) in [6, 6.07) is 0. The first-order chi connectivity index (χ1) is 8.36. The Morgan fingerprint density at radius 2 is 1.68 bits per heavy atom. The molecule has 0 saturated carbocycles. The lowest BCUT2D eigenvalue weighted by Crippen LogP contribution is -2.55. The van der Waals surface area contributed by atoms with E-state index in [1.165, 1.54) is 6.92 Å². The highest BCUT2D eigenvalue weighted by Crippen LogP contribution is 2.34. The van der Waals surface area contributed by atoms with E-state index >= 15 is 0 Å². The van der Waals surface area contributed by atoms with Crippen molar-refractivity contribution in [2.24, 2.45) is 0 Å². The van der Waals surface area contributed by atoms with Crippen LogP contribution in [-0.2, 0) is 14.3 Å². The van der Waals surface area contributed by atoms with Crippen molar-refractivity contribution < 1.29 is 41.4 Å². The first-order valence-corrected chi connectivity index (χ1v) is 4.98. The molecule has 10 heteroatoms. The van der Waals surface area contributed by atoms with E-state index in [-0.39, 0.29) is 6.61 Å². The third-order valence-electron chi connectivity index (χ3n) is 2.00. The van der Waals surface area contributed by atoms with E-state index < -0.39 is 36.1 Å². The van der Waals surface area contributed by atoms with Crippen LogP contribution in [0.3, 0.4) is 0 Å². The molecule has 0 spiro atoms. The molecular formula is C9H12F5NO4. The van der Waals surface area contributed by atoms with Crippen LogP contribution in [0.4, 0.5) is 22.0 Å². The van der Waals surface area contributed by atoms with Crippen LogP contribution < -0.4 is 5.32 Å². The van der Waals surface area contributed by atoms with Crippen molar-refractivity contribution in [3.63, 3.8) is 0 Å². The highest BCUT2D eigenvalue weighted by Gasteiger charge is 2.58. The van der Waals surface area contributed by atoms with Crippen molar-refractivity contribution in [2.75, 3.05) is 13.2 Å². The Kier molecular flexibility index (Phi) is 5.24. The third-order valence-corrected chi connectivity index (χ3v) is 2.00. The van der Waals surface area contributed by atoms with Gasteiger partial charge in [0.1, 0.15) is 0 Å². The maximum absolute atomic E-state index is 12.5. The molecule has 2 N–H and O–H groups in total. The first-order valence-electron chi connectivity index (χ1n) is 4.98. The molecule has 0 aliphatic carbocycles. The topological polar surface area (TPSA) is 75.6 Å². The second kappa shape index (κ2) is 5.68. The van der Waals surface area contributed by atoms with Gasteiger partial charge in [-0.3, -0.25) is 4.79 Å². The van der Waals surface area contributed by atoms with E-state index in [4.69, 9.17) is 0 Å². The smallest absolute Gasteiger partial charge is 0.455 e. The number of amides is 1. The minimum absolute atomic E-state index is 0.207. The molecule has 0 rings (SSSR count). The maximum atomic E-state index is 12.5. The van der Waals surface area contributed by atoms with Gasteiger partial charge in [0.05, 0.1) is 13.2 Å². The second-order valence-electron chi connectivity index (χ2n) is 3.68. The molecule has 0 aliphatic rings. The summed E-state index contributed by atoms with van der Waals surface area (Å²) in [6.45, 7) is -0.332. The molecule has 0 aliphatic heterocycles. The van der Waals surface area contributed by atoms with Crippen molar-refractivity contribution in [2.45, 2.75) is 31.5 Å². The quantitative estimate of drug-likeness (QED) is 0.442. The van der Waals surface area contributed by atoms with Crippen LogP contribution in [0.1, 0.15) is 13.8 Å².